The zero-order valence-corrected chi connectivity index (χ0v) is 13.3. The first-order valence-electron chi connectivity index (χ1n) is 11.1. The van der Waals surface area contributed by atoms with Gasteiger partial charge in [-0.1, -0.05) is 75.2 Å². The van der Waals surface area contributed by atoms with Crippen LogP contribution in [0.4, 0.5) is 0 Å². The minimum Gasteiger partial charge on any atom is -0.309 e. The van der Waals surface area contributed by atoms with Crippen LogP contribution in [0.25, 0.3) is 27.5 Å². The fourth-order valence-electron chi connectivity index (χ4n) is 2.95. The molecule has 1 aromatic heterocycles. The van der Waals surface area contributed by atoms with E-state index in [1.165, 1.54) is 0 Å². The van der Waals surface area contributed by atoms with E-state index in [-0.39, 0.29) is 58.6 Å². The molecule has 0 fully saturated rings. The quantitative estimate of drug-likeness (QED) is 0.401. The molecule has 4 rings (SSSR count). The zero-order chi connectivity index (χ0) is 22.1. The topological polar surface area (TPSA) is 4.93 Å². The van der Waals surface area contributed by atoms with Gasteiger partial charge in [0.2, 0.25) is 0 Å². The second-order valence-electron chi connectivity index (χ2n) is 6.62. The molecule has 3 aromatic carbocycles. The van der Waals surface area contributed by atoms with Gasteiger partial charge in [-0.25, -0.2) is 0 Å². The van der Waals surface area contributed by atoms with Crippen LogP contribution in [0, 0.1) is 0 Å². The molecule has 0 spiro atoms. The third kappa shape index (κ3) is 2.16. The first-order valence-corrected chi connectivity index (χ1v) is 7.58. The first kappa shape index (κ1) is 8.35. The van der Waals surface area contributed by atoms with Gasteiger partial charge >= 0.3 is 0 Å². The van der Waals surface area contributed by atoms with Crippen LogP contribution >= 0.6 is 0 Å². The van der Waals surface area contributed by atoms with Crippen molar-refractivity contribution in [2.75, 3.05) is 0 Å². The van der Waals surface area contributed by atoms with Gasteiger partial charge in [-0.15, -0.1) is 0 Å². The van der Waals surface area contributed by atoms with E-state index in [0.717, 1.165) is 0 Å². The van der Waals surface area contributed by atoms with Crippen molar-refractivity contribution in [2.45, 2.75) is 26.2 Å². The van der Waals surface area contributed by atoms with Crippen LogP contribution in [0.2, 0.25) is 0 Å². The SMILES string of the molecule is [2H]c1c([2H])c([2H])c2c(c1[2H])c1c([2H])c([2H])c([2H])c(C(C)(C)C)c1n2-c1ccccc1. The highest BCUT2D eigenvalue weighted by molar-refractivity contribution is 6.10. The molecule has 0 bridgehead atoms. The molecule has 0 radical (unpaired) electrons. The van der Waals surface area contributed by atoms with E-state index in [9.17, 15) is 0 Å². The fraction of sp³-hybridized carbons (Fsp3) is 0.182. The van der Waals surface area contributed by atoms with Crippen LogP contribution in [0.3, 0.4) is 0 Å². The molecule has 1 heteroatoms. The van der Waals surface area contributed by atoms with Gasteiger partial charge in [0.1, 0.15) is 0 Å². The largest absolute Gasteiger partial charge is 0.309 e. The van der Waals surface area contributed by atoms with Crippen LogP contribution in [0.15, 0.2) is 72.6 Å². The van der Waals surface area contributed by atoms with E-state index in [1.807, 2.05) is 51.1 Å². The van der Waals surface area contributed by atoms with E-state index in [2.05, 4.69) is 0 Å². The number of para-hydroxylation sites is 3. The molecule has 0 aliphatic rings. The van der Waals surface area contributed by atoms with Crippen molar-refractivity contribution in [3.63, 3.8) is 0 Å². The molecular formula is C22H21N. The maximum absolute atomic E-state index is 8.61. The maximum Gasteiger partial charge on any atom is 0.0645 e. The van der Waals surface area contributed by atoms with Crippen molar-refractivity contribution < 1.29 is 9.60 Å². The number of aromatic nitrogens is 1. The molecule has 0 N–H and O–H groups in total. The summed E-state index contributed by atoms with van der Waals surface area (Å²) in [7, 11) is 0. The summed E-state index contributed by atoms with van der Waals surface area (Å²) in [5.41, 5.74) is 1.39. The Morgan fingerprint density at radius 1 is 0.826 bits per heavy atom. The predicted octanol–water partition coefficient (Wildman–Crippen LogP) is 6.08. The van der Waals surface area contributed by atoms with E-state index < -0.39 is 5.41 Å². The summed E-state index contributed by atoms with van der Waals surface area (Å²) >= 11 is 0. The van der Waals surface area contributed by atoms with Crippen molar-refractivity contribution in [3.8, 4) is 5.69 Å². The molecule has 1 heterocycles. The molecule has 114 valence electrons. The van der Waals surface area contributed by atoms with Gasteiger partial charge in [0.25, 0.3) is 0 Å². The maximum atomic E-state index is 8.61. The fourth-order valence-corrected chi connectivity index (χ4v) is 2.95. The molecule has 0 amide bonds. The third-order valence-electron chi connectivity index (χ3n) is 3.98. The number of nitrogens with zero attached hydrogens (tertiary/aromatic N) is 1. The summed E-state index contributed by atoms with van der Waals surface area (Å²) in [6, 6.07) is 7.49. The molecule has 0 aliphatic carbocycles. The lowest BCUT2D eigenvalue weighted by Gasteiger charge is -2.22. The smallest absolute Gasteiger partial charge is 0.0645 e. The lowest BCUT2D eigenvalue weighted by molar-refractivity contribution is 0.594. The Bertz CT molecular complexity index is 1330. The Morgan fingerprint density at radius 2 is 1.52 bits per heavy atom. The number of benzene rings is 3. The second-order valence-corrected chi connectivity index (χ2v) is 6.62. The Labute approximate surface area is 147 Å². The molecule has 0 aliphatic heterocycles. The lowest BCUT2D eigenvalue weighted by atomic mass is 9.85. The molecule has 0 saturated carbocycles. The second kappa shape index (κ2) is 4.99. The number of fused-ring (bicyclic) bond motifs is 3. The van der Waals surface area contributed by atoms with Crippen molar-refractivity contribution in [1.82, 2.24) is 4.57 Å². The van der Waals surface area contributed by atoms with Crippen molar-refractivity contribution in [2.24, 2.45) is 0 Å². The van der Waals surface area contributed by atoms with Crippen LogP contribution in [-0.2, 0) is 5.41 Å². The summed E-state index contributed by atoms with van der Waals surface area (Å²) in [5, 5.41) is 0.496. The molecule has 23 heavy (non-hydrogen) atoms. The Morgan fingerprint density at radius 3 is 2.26 bits per heavy atom. The summed E-state index contributed by atoms with van der Waals surface area (Å²) in [4.78, 5) is 0. The number of rotatable bonds is 1. The molecule has 4 aromatic rings. The highest BCUT2D eigenvalue weighted by atomic mass is 15.0. The predicted molar refractivity (Wildman–Crippen MR) is 99.5 cm³/mol. The number of hydrogen-bond acceptors (Lipinski definition) is 0. The Hall–Kier alpha value is -2.54. The summed E-state index contributed by atoms with van der Waals surface area (Å²) in [6.45, 7) is 5.76. The Balaban J connectivity index is 2.49. The first-order chi connectivity index (χ1) is 14.0. The minimum absolute atomic E-state index is 0.0600. The normalized spacial score (nSPS) is 16.4. The summed E-state index contributed by atoms with van der Waals surface area (Å²) in [6.07, 6.45) is 0. The molecule has 1 nitrogen and oxygen atoms in total. The van der Waals surface area contributed by atoms with Gasteiger partial charge in [0, 0.05) is 16.5 Å². The number of hydrogen-bond donors (Lipinski definition) is 0. The average molecular weight is 306 g/mol. The van der Waals surface area contributed by atoms with E-state index >= 15 is 0 Å². The zero-order valence-electron chi connectivity index (χ0n) is 20.3. The van der Waals surface area contributed by atoms with Gasteiger partial charge in [0.15, 0.2) is 0 Å². The van der Waals surface area contributed by atoms with Crippen molar-refractivity contribution in [1.29, 1.82) is 0 Å². The summed E-state index contributed by atoms with van der Waals surface area (Å²) in [5.74, 6) is 0. The van der Waals surface area contributed by atoms with Gasteiger partial charge in [-0.05, 0) is 29.2 Å². The van der Waals surface area contributed by atoms with Crippen LogP contribution in [-0.4, -0.2) is 4.57 Å². The van der Waals surface area contributed by atoms with E-state index in [4.69, 9.17) is 9.60 Å². The third-order valence-corrected chi connectivity index (χ3v) is 3.98. The van der Waals surface area contributed by atoms with Gasteiger partial charge in [-0.3, -0.25) is 0 Å². The van der Waals surface area contributed by atoms with Gasteiger partial charge < -0.3 is 4.57 Å². The molecule has 0 unspecified atom stereocenters. The summed E-state index contributed by atoms with van der Waals surface area (Å²) < 4.78 is 60.8. The standard InChI is InChI=1S/C22H21N/c1-22(2,3)19-14-9-13-18-17-12-7-8-15-20(17)23(21(18)19)16-10-5-4-6-11-16/h4-15H,1-3H3/i7D,8D,9D,12D,13D,14D,15D. The van der Waals surface area contributed by atoms with Crippen molar-refractivity contribution in [3.05, 3.63) is 78.2 Å². The molecule has 0 atom stereocenters. The monoisotopic (exact) mass is 306 g/mol. The van der Waals surface area contributed by atoms with Crippen LogP contribution in [0.5, 0.6) is 0 Å². The minimum atomic E-state index is -0.558. The molecule has 0 saturated heterocycles. The van der Waals surface area contributed by atoms with Crippen molar-refractivity contribution >= 4 is 21.8 Å². The lowest BCUT2D eigenvalue weighted by Crippen LogP contribution is -2.13. The Kier molecular flexibility index (Phi) is 1.81. The van der Waals surface area contributed by atoms with E-state index in [1.54, 1.807) is 4.57 Å². The molecular weight excluding hydrogens is 278 g/mol. The van der Waals surface area contributed by atoms with Gasteiger partial charge in [0.05, 0.1) is 20.6 Å². The average Bonchev–Trinajstić information content (AvgIpc) is 3.04. The highest BCUT2D eigenvalue weighted by Crippen LogP contribution is 2.37. The van der Waals surface area contributed by atoms with E-state index in [0.29, 0.717) is 16.8 Å². The van der Waals surface area contributed by atoms with Crippen LogP contribution in [0.1, 0.15) is 35.9 Å². The highest BCUT2D eigenvalue weighted by Gasteiger charge is 2.21. The van der Waals surface area contributed by atoms with Crippen LogP contribution < -0.4 is 0 Å². The van der Waals surface area contributed by atoms with Gasteiger partial charge in [-0.2, -0.15) is 0 Å².